The molecule has 3 nitrogen and oxygen atoms in total. The van der Waals surface area contributed by atoms with Gasteiger partial charge in [-0.3, -0.25) is 4.79 Å². The molecule has 19 heavy (non-hydrogen) atoms. The largest absolute Gasteiger partial charge is 0.396 e. The number of carbonyl (C=O) groups excluding carboxylic acids is 1. The maximum Gasteiger partial charge on any atom is 0.224 e. The summed E-state index contributed by atoms with van der Waals surface area (Å²) in [6.45, 7) is 2.18. The summed E-state index contributed by atoms with van der Waals surface area (Å²) in [5.74, 6) is 0.0360. The molecule has 0 aliphatic heterocycles. The lowest BCUT2D eigenvalue weighted by Crippen LogP contribution is -2.45. The molecule has 1 aromatic carbocycles. The van der Waals surface area contributed by atoms with Crippen LogP contribution in [0.25, 0.3) is 0 Å². The molecule has 1 aliphatic rings. The van der Waals surface area contributed by atoms with Crippen molar-refractivity contribution in [3.05, 3.63) is 34.3 Å². The number of hydrogen-bond donors (Lipinski definition) is 2. The van der Waals surface area contributed by atoms with Crippen LogP contribution in [-0.2, 0) is 11.2 Å². The standard InChI is InChI=1S/C15H20BrNO2/c1-15(10-18)8-2-3-13(15)17-14(19)9-11-4-6-12(16)7-5-11/h4-7,13,18H,2-3,8-10H2,1H3,(H,17,19). The van der Waals surface area contributed by atoms with Crippen molar-refractivity contribution in [3.8, 4) is 0 Å². The summed E-state index contributed by atoms with van der Waals surface area (Å²) in [7, 11) is 0. The molecule has 1 fully saturated rings. The summed E-state index contributed by atoms with van der Waals surface area (Å²) < 4.78 is 1.01. The Labute approximate surface area is 122 Å². The molecule has 0 spiro atoms. The molecule has 0 radical (unpaired) electrons. The van der Waals surface area contributed by atoms with Crippen molar-refractivity contribution in [1.82, 2.24) is 5.32 Å². The Hall–Kier alpha value is -0.870. The first kappa shape index (κ1) is 14.5. The molecule has 104 valence electrons. The minimum absolute atomic E-state index is 0.0360. The molecule has 2 atom stereocenters. The quantitative estimate of drug-likeness (QED) is 0.894. The molecular weight excluding hydrogens is 306 g/mol. The van der Waals surface area contributed by atoms with Crippen LogP contribution >= 0.6 is 15.9 Å². The molecule has 2 unspecified atom stereocenters. The van der Waals surface area contributed by atoms with Crippen LogP contribution in [0.2, 0.25) is 0 Å². The molecule has 1 amide bonds. The van der Waals surface area contributed by atoms with E-state index < -0.39 is 0 Å². The Morgan fingerprint density at radius 1 is 1.47 bits per heavy atom. The summed E-state index contributed by atoms with van der Waals surface area (Å²) in [5, 5.41) is 12.5. The van der Waals surface area contributed by atoms with Crippen LogP contribution < -0.4 is 5.32 Å². The van der Waals surface area contributed by atoms with Crippen LogP contribution in [0.4, 0.5) is 0 Å². The van der Waals surface area contributed by atoms with E-state index in [-0.39, 0.29) is 24.0 Å². The zero-order chi connectivity index (χ0) is 13.9. The summed E-state index contributed by atoms with van der Waals surface area (Å²) >= 11 is 3.38. The number of amides is 1. The average molecular weight is 326 g/mol. The first-order valence-corrected chi connectivity index (χ1v) is 7.47. The van der Waals surface area contributed by atoms with E-state index >= 15 is 0 Å². The van der Waals surface area contributed by atoms with Crippen molar-refractivity contribution in [1.29, 1.82) is 0 Å². The van der Waals surface area contributed by atoms with Gasteiger partial charge in [-0.25, -0.2) is 0 Å². The second kappa shape index (κ2) is 6.06. The third kappa shape index (κ3) is 3.57. The van der Waals surface area contributed by atoms with E-state index in [9.17, 15) is 9.90 Å². The van der Waals surface area contributed by atoms with Gasteiger partial charge in [-0.1, -0.05) is 41.4 Å². The highest BCUT2D eigenvalue weighted by molar-refractivity contribution is 9.10. The van der Waals surface area contributed by atoms with Crippen molar-refractivity contribution >= 4 is 21.8 Å². The van der Waals surface area contributed by atoms with Crippen molar-refractivity contribution < 1.29 is 9.90 Å². The molecule has 1 aromatic rings. The number of aliphatic hydroxyl groups is 1. The molecule has 2 rings (SSSR count). The van der Waals surface area contributed by atoms with Crippen LogP contribution in [0.15, 0.2) is 28.7 Å². The third-order valence-electron chi connectivity index (χ3n) is 4.06. The minimum Gasteiger partial charge on any atom is -0.396 e. The molecule has 0 saturated heterocycles. The summed E-state index contributed by atoms with van der Waals surface area (Å²) in [4.78, 5) is 12.1. The topological polar surface area (TPSA) is 49.3 Å². The number of rotatable bonds is 4. The molecule has 0 bridgehead atoms. The second-order valence-corrected chi connectivity index (χ2v) is 6.54. The SMILES string of the molecule is CC1(CO)CCCC1NC(=O)Cc1ccc(Br)cc1. The fraction of sp³-hybridized carbons (Fsp3) is 0.533. The monoisotopic (exact) mass is 325 g/mol. The highest BCUT2D eigenvalue weighted by Gasteiger charge is 2.38. The highest BCUT2D eigenvalue weighted by atomic mass is 79.9. The third-order valence-corrected chi connectivity index (χ3v) is 4.58. The molecule has 0 heterocycles. The van der Waals surface area contributed by atoms with E-state index in [1.807, 2.05) is 31.2 Å². The van der Waals surface area contributed by atoms with Crippen LogP contribution in [-0.4, -0.2) is 23.7 Å². The molecular formula is C15H20BrNO2. The number of carbonyl (C=O) groups is 1. The Kier molecular flexibility index (Phi) is 4.63. The number of nitrogens with one attached hydrogen (secondary N) is 1. The van der Waals surface area contributed by atoms with Crippen molar-refractivity contribution in [2.75, 3.05) is 6.61 Å². The smallest absolute Gasteiger partial charge is 0.224 e. The first-order chi connectivity index (χ1) is 9.03. The molecule has 1 aliphatic carbocycles. The van der Waals surface area contributed by atoms with Gasteiger partial charge in [-0.15, -0.1) is 0 Å². The van der Waals surface area contributed by atoms with Gasteiger partial charge in [0.2, 0.25) is 5.91 Å². The number of hydrogen-bond acceptors (Lipinski definition) is 2. The van der Waals surface area contributed by atoms with Gasteiger partial charge in [0.05, 0.1) is 13.0 Å². The Bertz CT molecular complexity index is 446. The Balaban J connectivity index is 1.92. The van der Waals surface area contributed by atoms with Crippen LogP contribution in [0.5, 0.6) is 0 Å². The lowest BCUT2D eigenvalue weighted by molar-refractivity contribution is -0.122. The maximum atomic E-state index is 12.1. The van der Waals surface area contributed by atoms with Gasteiger partial charge in [-0.2, -0.15) is 0 Å². The second-order valence-electron chi connectivity index (χ2n) is 5.63. The van der Waals surface area contributed by atoms with Crippen molar-refractivity contribution in [2.45, 2.75) is 38.6 Å². The molecule has 4 heteroatoms. The molecule has 2 N–H and O–H groups in total. The van der Waals surface area contributed by atoms with Gasteiger partial charge in [0.15, 0.2) is 0 Å². The zero-order valence-corrected chi connectivity index (χ0v) is 12.7. The van der Waals surface area contributed by atoms with E-state index in [2.05, 4.69) is 21.2 Å². The van der Waals surface area contributed by atoms with Gasteiger partial charge >= 0.3 is 0 Å². The fourth-order valence-electron chi connectivity index (χ4n) is 2.70. The van der Waals surface area contributed by atoms with Crippen molar-refractivity contribution in [3.63, 3.8) is 0 Å². The van der Waals surface area contributed by atoms with Gasteiger partial charge < -0.3 is 10.4 Å². The number of benzene rings is 1. The van der Waals surface area contributed by atoms with Crippen molar-refractivity contribution in [2.24, 2.45) is 5.41 Å². The lowest BCUT2D eigenvalue weighted by atomic mass is 9.85. The van der Waals surface area contributed by atoms with Gasteiger partial charge in [0.25, 0.3) is 0 Å². The van der Waals surface area contributed by atoms with Gasteiger partial charge in [0.1, 0.15) is 0 Å². The van der Waals surface area contributed by atoms with Gasteiger partial charge in [0, 0.05) is 15.9 Å². The Morgan fingerprint density at radius 2 is 2.16 bits per heavy atom. The molecule has 0 aromatic heterocycles. The summed E-state index contributed by atoms with van der Waals surface area (Å²) in [6.07, 6.45) is 3.40. The first-order valence-electron chi connectivity index (χ1n) is 6.68. The normalized spacial score (nSPS) is 26.4. The lowest BCUT2D eigenvalue weighted by Gasteiger charge is -2.30. The van der Waals surface area contributed by atoms with E-state index in [0.29, 0.717) is 6.42 Å². The highest BCUT2D eigenvalue weighted by Crippen LogP contribution is 2.37. The number of halogens is 1. The van der Waals surface area contributed by atoms with Crippen LogP contribution in [0, 0.1) is 5.41 Å². The minimum atomic E-state index is -0.157. The van der Waals surface area contributed by atoms with E-state index in [1.54, 1.807) is 0 Å². The predicted octanol–water partition coefficient (Wildman–Crippen LogP) is 2.66. The average Bonchev–Trinajstić information content (AvgIpc) is 2.74. The van der Waals surface area contributed by atoms with Crippen LogP contribution in [0.1, 0.15) is 31.7 Å². The fourth-order valence-corrected chi connectivity index (χ4v) is 2.97. The van der Waals surface area contributed by atoms with E-state index in [1.165, 1.54) is 0 Å². The maximum absolute atomic E-state index is 12.1. The predicted molar refractivity (Wildman–Crippen MR) is 78.8 cm³/mol. The van der Waals surface area contributed by atoms with Gasteiger partial charge in [-0.05, 0) is 30.5 Å². The number of aliphatic hydroxyl groups excluding tert-OH is 1. The Morgan fingerprint density at radius 3 is 2.79 bits per heavy atom. The summed E-state index contributed by atoms with van der Waals surface area (Å²) in [5.41, 5.74) is 0.847. The molecule has 1 saturated carbocycles. The van der Waals surface area contributed by atoms with Crippen LogP contribution in [0.3, 0.4) is 0 Å². The summed E-state index contributed by atoms with van der Waals surface area (Å²) in [6, 6.07) is 7.87. The zero-order valence-electron chi connectivity index (χ0n) is 11.2. The van der Waals surface area contributed by atoms with E-state index in [4.69, 9.17) is 0 Å². The van der Waals surface area contributed by atoms with E-state index in [0.717, 1.165) is 29.3 Å².